The Hall–Kier alpha value is -2.65. The fourth-order valence-electron chi connectivity index (χ4n) is 3.21. The quantitative estimate of drug-likeness (QED) is 0.578. The second-order valence-corrected chi connectivity index (χ2v) is 7.52. The van der Waals surface area contributed by atoms with Crippen molar-refractivity contribution in [1.82, 2.24) is 9.88 Å². The Morgan fingerprint density at radius 2 is 2.00 bits per heavy atom. The molecular formula is C21H21BrN4O. The third kappa shape index (κ3) is 5.41. The zero-order chi connectivity index (χ0) is 19.1. The zero-order valence-corrected chi connectivity index (χ0v) is 16.5. The molecule has 1 aromatic heterocycles. The average molecular weight is 425 g/mol. The van der Waals surface area contributed by atoms with Crippen LogP contribution in [0.5, 0.6) is 0 Å². The highest BCUT2D eigenvalue weighted by atomic mass is 79.9. The Morgan fingerprint density at radius 3 is 2.63 bits per heavy atom. The van der Waals surface area contributed by atoms with Crippen molar-refractivity contribution in [3.8, 4) is 6.07 Å². The van der Waals surface area contributed by atoms with Crippen molar-refractivity contribution in [2.45, 2.75) is 19.3 Å². The van der Waals surface area contributed by atoms with Gasteiger partial charge in [0.25, 0.3) is 5.91 Å². The molecule has 1 N–H and O–H groups in total. The highest BCUT2D eigenvalue weighted by molar-refractivity contribution is 9.10. The molecule has 27 heavy (non-hydrogen) atoms. The first kappa shape index (κ1) is 19.1. The topological polar surface area (TPSA) is 69.0 Å². The molecule has 2 heterocycles. The molecule has 6 heteroatoms. The molecule has 0 unspecified atom stereocenters. The van der Waals surface area contributed by atoms with Gasteiger partial charge in [-0.3, -0.25) is 4.79 Å². The molecule has 1 saturated heterocycles. The van der Waals surface area contributed by atoms with Crippen LogP contribution in [0.1, 0.15) is 18.4 Å². The lowest BCUT2D eigenvalue weighted by Crippen LogP contribution is -2.39. The Bertz CT molecular complexity index is 835. The number of hydrogen-bond acceptors (Lipinski definition) is 4. The number of nitriles is 1. The molecular weight excluding hydrogens is 404 g/mol. The van der Waals surface area contributed by atoms with Crippen LogP contribution in [0, 0.1) is 17.2 Å². The lowest BCUT2D eigenvalue weighted by molar-refractivity contribution is -0.128. The number of likely N-dealkylation sites (tertiary alicyclic amines) is 1. The van der Waals surface area contributed by atoms with Crippen LogP contribution in [-0.2, 0) is 11.2 Å². The minimum atomic E-state index is -0.222. The van der Waals surface area contributed by atoms with Crippen molar-refractivity contribution in [2.75, 3.05) is 18.4 Å². The number of benzene rings is 1. The number of carbonyl (C=O) groups excluding carboxylic acids is 1. The molecule has 0 atom stereocenters. The summed E-state index contributed by atoms with van der Waals surface area (Å²) in [6.07, 6.45) is 6.05. The Morgan fingerprint density at radius 1 is 1.26 bits per heavy atom. The van der Waals surface area contributed by atoms with Gasteiger partial charge in [0.1, 0.15) is 17.5 Å². The zero-order valence-electron chi connectivity index (χ0n) is 14.9. The van der Waals surface area contributed by atoms with Gasteiger partial charge in [-0.25, -0.2) is 4.98 Å². The maximum absolute atomic E-state index is 12.6. The summed E-state index contributed by atoms with van der Waals surface area (Å²) in [6.45, 7) is 1.37. The number of piperidine rings is 1. The van der Waals surface area contributed by atoms with Crippen molar-refractivity contribution < 1.29 is 4.79 Å². The normalized spacial score (nSPS) is 15.3. The summed E-state index contributed by atoms with van der Waals surface area (Å²) in [5.74, 6) is 0.941. The number of nitrogens with zero attached hydrogens (tertiary/aromatic N) is 3. The third-order valence-electron chi connectivity index (χ3n) is 4.71. The summed E-state index contributed by atoms with van der Waals surface area (Å²) in [5.41, 5.74) is 1.44. The monoisotopic (exact) mass is 424 g/mol. The van der Waals surface area contributed by atoms with Gasteiger partial charge in [-0.05, 0) is 58.8 Å². The van der Waals surface area contributed by atoms with Crippen LogP contribution in [0.2, 0.25) is 0 Å². The summed E-state index contributed by atoms with van der Waals surface area (Å²) in [4.78, 5) is 18.6. The van der Waals surface area contributed by atoms with Gasteiger partial charge in [-0.15, -0.1) is 0 Å². The maximum Gasteiger partial charge on any atom is 0.266 e. The van der Waals surface area contributed by atoms with Crippen LogP contribution in [0.15, 0.2) is 64.9 Å². The van der Waals surface area contributed by atoms with E-state index in [-0.39, 0.29) is 11.5 Å². The Kier molecular flexibility index (Phi) is 6.61. The number of carbonyl (C=O) groups is 1. The fraction of sp³-hybridized carbons (Fsp3) is 0.286. The van der Waals surface area contributed by atoms with Gasteiger partial charge in [-0.1, -0.05) is 30.3 Å². The highest BCUT2D eigenvalue weighted by Crippen LogP contribution is 2.22. The summed E-state index contributed by atoms with van der Waals surface area (Å²) in [6, 6.07) is 16.1. The number of anilines is 1. The molecule has 1 aliphatic rings. The van der Waals surface area contributed by atoms with Crippen LogP contribution in [0.25, 0.3) is 0 Å². The number of pyridine rings is 1. The van der Waals surface area contributed by atoms with E-state index in [2.05, 4.69) is 50.5 Å². The molecule has 0 spiro atoms. The maximum atomic E-state index is 12.6. The van der Waals surface area contributed by atoms with Crippen molar-refractivity contribution in [1.29, 1.82) is 5.26 Å². The standard InChI is InChI=1S/C21H21BrN4O/c22-19-6-7-20(25-15-19)24-14-18(13-23)21(27)26-10-8-17(9-11-26)12-16-4-2-1-3-5-16/h1-7,14-15,17H,8-12H2,(H,24,25)/b18-14-. The summed E-state index contributed by atoms with van der Waals surface area (Å²) in [7, 11) is 0. The Balaban J connectivity index is 1.54. The van der Waals surface area contributed by atoms with E-state index in [1.165, 1.54) is 11.8 Å². The molecule has 0 saturated carbocycles. The lowest BCUT2D eigenvalue weighted by atomic mass is 9.90. The van der Waals surface area contributed by atoms with E-state index in [0.29, 0.717) is 24.8 Å². The number of aromatic nitrogens is 1. The third-order valence-corrected chi connectivity index (χ3v) is 5.18. The van der Waals surface area contributed by atoms with Gasteiger partial charge in [0, 0.05) is 30.0 Å². The molecule has 0 radical (unpaired) electrons. The fourth-order valence-corrected chi connectivity index (χ4v) is 3.44. The second kappa shape index (κ2) is 9.33. The largest absolute Gasteiger partial charge is 0.345 e. The average Bonchev–Trinajstić information content (AvgIpc) is 2.71. The molecule has 1 amide bonds. The van der Waals surface area contributed by atoms with Crippen molar-refractivity contribution in [2.24, 2.45) is 5.92 Å². The van der Waals surface area contributed by atoms with Crippen LogP contribution >= 0.6 is 15.9 Å². The van der Waals surface area contributed by atoms with E-state index in [1.54, 1.807) is 17.2 Å². The van der Waals surface area contributed by atoms with Gasteiger partial charge in [0.2, 0.25) is 0 Å². The molecule has 5 nitrogen and oxygen atoms in total. The van der Waals surface area contributed by atoms with Crippen molar-refractivity contribution in [3.05, 3.63) is 70.5 Å². The predicted molar refractivity (Wildman–Crippen MR) is 109 cm³/mol. The smallest absolute Gasteiger partial charge is 0.266 e. The molecule has 1 fully saturated rings. The number of hydrogen-bond donors (Lipinski definition) is 1. The summed E-state index contributed by atoms with van der Waals surface area (Å²) < 4.78 is 0.868. The van der Waals surface area contributed by atoms with Crippen LogP contribution in [0.4, 0.5) is 5.82 Å². The lowest BCUT2D eigenvalue weighted by Gasteiger charge is -2.32. The molecule has 1 aliphatic heterocycles. The minimum absolute atomic E-state index is 0.0984. The molecule has 2 aromatic rings. The first-order chi connectivity index (χ1) is 13.2. The van der Waals surface area contributed by atoms with E-state index in [9.17, 15) is 10.1 Å². The van der Waals surface area contributed by atoms with Gasteiger partial charge < -0.3 is 10.2 Å². The highest BCUT2D eigenvalue weighted by Gasteiger charge is 2.25. The second-order valence-electron chi connectivity index (χ2n) is 6.60. The molecule has 0 bridgehead atoms. The van der Waals surface area contributed by atoms with E-state index in [0.717, 1.165) is 23.7 Å². The van der Waals surface area contributed by atoms with Gasteiger partial charge in [-0.2, -0.15) is 5.26 Å². The van der Waals surface area contributed by atoms with Crippen LogP contribution < -0.4 is 5.32 Å². The summed E-state index contributed by atoms with van der Waals surface area (Å²) >= 11 is 3.32. The number of nitrogens with one attached hydrogen (secondary N) is 1. The molecule has 0 aliphatic carbocycles. The first-order valence-corrected chi connectivity index (χ1v) is 9.76. The van der Waals surface area contributed by atoms with Gasteiger partial charge in [0.15, 0.2) is 0 Å². The Labute approximate surface area is 167 Å². The van der Waals surface area contributed by atoms with Crippen LogP contribution in [0.3, 0.4) is 0 Å². The molecule has 3 rings (SSSR count). The molecule has 1 aromatic carbocycles. The minimum Gasteiger partial charge on any atom is -0.345 e. The van der Waals surface area contributed by atoms with E-state index >= 15 is 0 Å². The molecule has 138 valence electrons. The SMILES string of the molecule is N#C/C(=C/Nc1ccc(Br)cn1)C(=O)N1CCC(Cc2ccccc2)CC1. The number of halogens is 1. The van der Waals surface area contributed by atoms with Gasteiger partial charge >= 0.3 is 0 Å². The first-order valence-electron chi connectivity index (χ1n) is 8.97. The van der Waals surface area contributed by atoms with E-state index in [1.807, 2.05) is 18.2 Å². The predicted octanol–water partition coefficient (Wildman–Crippen LogP) is 4.14. The van der Waals surface area contributed by atoms with E-state index < -0.39 is 0 Å². The van der Waals surface area contributed by atoms with Crippen molar-refractivity contribution in [3.63, 3.8) is 0 Å². The van der Waals surface area contributed by atoms with Crippen LogP contribution in [-0.4, -0.2) is 28.9 Å². The number of rotatable bonds is 5. The van der Waals surface area contributed by atoms with E-state index in [4.69, 9.17) is 0 Å². The van der Waals surface area contributed by atoms with Gasteiger partial charge in [0.05, 0.1) is 0 Å². The number of amides is 1. The summed E-state index contributed by atoms with van der Waals surface area (Å²) in [5, 5.41) is 12.3. The van der Waals surface area contributed by atoms with Crippen molar-refractivity contribution >= 4 is 27.7 Å².